The Morgan fingerprint density at radius 1 is 1.03 bits per heavy atom. The van der Waals surface area contributed by atoms with Crippen molar-refractivity contribution in [3.8, 4) is 0 Å². The number of para-hydroxylation sites is 2. The molecule has 1 fully saturated rings. The number of nitrogens with one attached hydrogen (secondary N) is 1. The first kappa shape index (κ1) is 21.5. The normalized spacial score (nSPS) is 15.8. The number of aromatic nitrogens is 3. The maximum Gasteiger partial charge on any atom is 0.244 e. The quantitative estimate of drug-likeness (QED) is 0.560. The van der Waals surface area contributed by atoms with Crippen LogP contribution in [0.25, 0.3) is 0 Å². The predicted octanol–water partition coefficient (Wildman–Crippen LogP) is 2.24. The van der Waals surface area contributed by atoms with Gasteiger partial charge in [-0.25, -0.2) is 0 Å². The van der Waals surface area contributed by atoms with Gasteiger partial charge >= 0.3 is 0 Å². The van der Waals surface area contributed by atoms with Crippen LogP contribution in [0.5, 0.6) is 0 Å². The first-order valence-corrected chi connectivity index (χ1v) is 11.8. The van der Waals surface area contributed by atoms with E-state index in [-0.39, 0.29) is 24.1 Å². The summed E-state index contributed by atoms with van der Waals surface area (Å²) in [4.78, 5) is 28.9. The summed E-state index contributed by atoms with van der Waals surface area (Å²) in [6, 6.07) is 17.4. The number of carbonyl (C=O) groups excluding carboxylic acids is 2. The summed E-state index contributed by atoms with van der Waals surface area (Å²) in [6.45, 7) is 3.40. The Balaban J connectivity index is 1.36. The molecular weight excluding hydrogens is 440 g/mol. The minimum absolute atomic E-state index is 0.00609. The smallest absolute Gasteiger partial charge is 0.244 e. The molecule has 3 heterocycles. The number of carbonyl (C=O) groups is 2. The van der Waals surface area contributed by atoms with Crippen LogP contribution in [0.1, 0.15) is 5.56 Å². The van der Waals surface area contributed by atoms with Crippen molar-refractivity contribution in [1.82, 2.24) is 14.8 Å². The molecule has 0 spiro atoms. The average molecular weight is 465 g/mol. The number of ether oxygens (including phenoxy) is 1. The molecule has 2 amide bonds. The molecule has 1 N–H and O–H groups in total. The molecule has 0 radical (unpaired) electrons. The van der Waals surface area contributed by atoms with Gasteiger partial charge in [0.2, 0.25) is 17.8 Å². The third-order valence-electron chi connectivity index (χ3n) is 5.57. The fourth-order valence-corrected chi connectivity index (χ4v) is 4.76. The zero-order valence-corrected chi connectivity index (χ0v) is 18.8. The van der Waals surface area contributed by atoms with E-state index in [1.54, 1.807) is 6.07 Å². The van der Waals surface area contributed by atoms with E-state index in [4.69, 9.17) is 4.74 Å². The van der Waals surface area contributed by atoms with E-state index >= 15 is 0 Å². The zero-order valence-electron chi connectivity index (χ0n) is 18.0. The second-order valence-corrected chi connectivity index (χ2v) is 8.73. The van der Waals surface area contributed by atoms with Crippen LogP contribution in [0, 0.1) is 0 Å². The Hall–Kier alpha value is -3.37. The standard InChI is InChI=1S/C23H24N6O3S/c30-20-15-28(19-9-5-4-8-18(19)24-20)21(31)16-33-23-26-25-22(27-10-12-32-13-11-27)29(23)14-17-6-2-1-3-7-17/h1-9H,10-16H2,(H,24,30). The van der Waals surface area contributed by atoms with Gasteiger partial charge in [0.05, 0.1) is 36.9 Å². The minimum atomic E-state index is -0.200. The molecule has 2 aliphatic heterocycles. The number of amides is 2. The number of thioether (sulfide) groups is 1. The molecule has 2 aliphatic rings. The van der Waals surface area contributed by atoms with Crippen molar-refractivity contribution in [1.29, 1.82) is 0 Å². The minimum Gasteiger partial charge on any atom is -0.378 e. The highest BCUT2D eigenvalue weighted by atomic mass is 32.2. The molecule has 0 atom stereocenters. The SMILES string of the molecule is O=C1CN(C(=O)CSc2nnc(N3CCOCC3)n2Cc2ccccc2)c2ccccc2N1. The molecule has 10 heteroatoms. The number of morpholine rings is 1. The van der Waals surface area contributed by atoms with Crippen molar-refractivity contribution in [3.05, 3.63) is 60.2 Å². The first-order chi connectivity index (χ1) is 16.2. The number of hydrogen-bond acceptors (Lipinski definition) is 7. The van der Waals surface area contributed by atoms with Gasteiger partial charge in [0.1, 0.15) is 6.54 Å². The van der Waals surface area contributed by atoms with Crippen molar-refractivity contribution < 1.29 is 14.3 Å². The molecule has 0 saturated carbocycles. The molecule has 3 aromatic rings. The molecule has 2 aromatic carbocycles. The maximum absolute atomic E-state index is 13.1. The van der Waals surface area contributed by atoms with Crippen molar-refractivity contribution >= 4 is 40.9 Å². The van der Waals surface area contributed by atoms with Crippen LogP contribution in [-0.2, 0) is 20.9 Å². The molecule has 170 valence electrons. The number of nitrogens with zero attached hydrogens (tertiary/aromatic N) is 5. The van der Waals surface area contributed by atoms with E-state index in [0.717, 1.165) is 24.6 Å². The first-order valence-electron chi connectivity index (χ1n) is 10.8. The second-order valence-electron chi connectivity index (χ2n) is 7.79. The third kappa shape index (κ3) is 4.71. The summed E-state index contributed by atoms with van der Waals surface area (Å²) in [5, 5.41) is 12.3. The second kappa shape index (κ2) is 9.63. The number of benzene rings is 2. The molecule has 0 bridgehead atoms. The maximum atomic E-state index is 13.1. The molecular formula is C23H24N6O3S. The summed E-state index contributed by atoms with van der Waals surface area (Å²) < 4.78 is 7.53. The summed E-state index contributed by atoms with van der Waals surface area (Å²) in [6.07, 6.45) is 0. The predicted molar refractivity (Wildman–Crippen MR) is 127 cm³/mol. The lowest BCUT2D eigenvalue weighted by molar-refractivity contribution is -0.120. The third-order valence-corrected chi connectivity index (χ3v) is 6.52. The van der Waals surface area contributed by atoms with Crippen LogP contribution < -0.4 is 15.1 Å². The summed E-state index contributed by atoms with van der Waals surface area (Å²) >= 11 is 1.34. The van der Waals surface area contributed by atoms with Gasteiger partial charge in [0.15, 0.2) is 5.16 Å². The molecule has 0 unspecified atom stereocenters. The van der Waals surface area contributed by atoms with Gasteiger partial charge < -0.3 is 19.9 Å². The molecule has 1 aromatic heterocycles. The Bertz CT molecular complexity index is 1150. The van der Waals surface area contributed by atoms with Crippen molar-refractivity contribution in [2.24, 2.45) is 0 Å². The molecule has 0 aliphatic carbocycles. The van der Waals surface area contributed by atoms with Gasteiger partial charge in [0.25, 0.3) is 0 Å². The van der Waals surface area contributed by atoms with Crippen LogP contribution in [0.15, 0.2) is 59.8 Å². The van der Waals surface area contributed by atoms with Crippen LogP contribution in [0.2, 0.25) is 0 Å². The summed E-state index contributed by atoms with van der Waals surface area (Å²) in [5.74, 6) is 0.579. The van der Waals surface area contributed by atoms with E-state index in [1.807, 2.05) is 36.4 Å². The lowest BCUT2D eigenvalue weighted by Crippen LogP contribution is -2.43. The largest absolute Gasteiger partial charge is 0.378 e. The van der Waals surface area contributed by atoms with Gasteiger partial charge in [-0.05, 0) is 17.7 Å². The molecule has 9 nitrogen and oxygen atoms in total. The molecule has 1 saturated heterocycles. The Kier molecular flexibility index (Phi) is 6.27. The average Bonchev–Trinajstić information content (AvgIpc) is 3.25. The Labute approximate surface area is 195 Å². The van der Waals surface area contributed by atoms with Crippen molar-refractivity contribution in [2.45, 2.75) is 11.7 Å². The fraction of sp³-hybridized carbons (Fsp3) is 0.304. The lowest BCUT2D eigenvalue weighted by Gasteiger charge is -2.29. The van der Waals surface area contributed by atoms with Crippen LogP contribution in [0.3, 0.4) is 0 Å². The summed E-state index contributed by atoms with van der Waals surface area (Å²) in [7, 11) is 0. The number of hydrogen-bond donors (Lipinski definition) is 1. The van der Waals surface area contributed by atoms with Gasteiger partial charge in [-0.15, -0.1) is 10.2 Å². The van der Waals surface area contributed by atoms with Crippen LogP contribution in [0.4, 0.5) is 17.3 Å². The number of rotatable bonds is 6. The van der Waals surface area contributed by atoms with E-state index in [0.29, 0.717) is 36.3 Å². The Morgan fingerprint density at radius 2 is 1.79 bits per heavy atom. The number of fused-ring (bicyclic) bond motifs is 1. The fourth-order valence-electron chi connectivity index (χ4n) is 3.95. The monoisotopic (exact) mass is 464 g/mol. The van der Waals surface area contributed by atoms with Gasteiger partial charge in [-0.1, -0.05) is 54.2 Å². The zero-order chi connectivity index (χ0) is 22.6. The number of anilines is 3. The van der Waals surface area contributed by atoms with E-state index in [9.17, 15) is 9.59 Å². The van der Waals surface area contributed by atoms with Crippen LogP contribution in [-0.4, -0.2) is 65.2 Å². The topological polar surface area (TPSA) is 92.6 Å². The van der Waals surface area contributed by atoms with E-state index in [1.165, 1.54) is 16.7 Å². The highest BCUT2D eigenvalue weighted by molar-refractivity contribution is 7.99. The molecule has 5 rings (SSSR count). The highest BCUT2D eigenvalue weighted by Crippen LogP contribution is 2.30. The highest BCUT2D eigenvalue weighted by Gasteiger charge is 2.27. The summed E-state index contributed by atoms with van der Waals surface area (Å²) in [5.41, 5.74) is 2.48. The van der Waals surface area contributed by atoms with Gasteiger partial charge in [-0.3, -0.25) is 14.2 Å². The van der Waals surface area contributed by atoms with Crippen molar-refractivity contribution in [3.63, 3.8) is 0 Å². The lowest BCUT2D eigenvalue weighted by atomic mass is 10.2. The van der Waals surface area contributed by atoms with Crippen molar-refractivity contribution in [2.75, 3.05) is 53.7 Å². The van der Waals surface area contributed by atoms with E-state index in [2.05, 4.69) is 37.1 Å². The van der Waals surface area contributed by atoms with Gasteiger partial charge in [0, 0.05) is 13.1 Å². The Morgan fingerprint density at radius 3 is 2.61 bits per heavy atom. The molecule has 33 heavy (non-hydrogen) atoms. The van der Waals surface area contributed by atoms with E-state index < -0.39 is 0 Å². The van der Waals surface area contributed by atoms with Crippen LogP contribution >= 0.6 is 11.8 Å². The van der Waals surface area contributed by atoms with Gasteiger partial charge in [-0.2, -0.15) is 0 Å².